The highest BCUT2D eigenvalue weighted by Gasteiger charge is 2.32. The maximum atomic E-state index is 12.6. The van der Waals surface area contributed by atoms with E-state index in [0.717, 1.165) is 52.2 Å². The molecule has 2 rings (SSSR count). The smallest absolute Gasteiger partial charge is 0.239 e. The van der Waals surface area contributed by atoms with Gasteiger partial charge in [0.2, 0.25) is 5.91 Å². The average Bonchev–Trinajstić information content (AvgIpc) is 2.41. The minimum absolute atomic E-state index is 0.0101. The first-order valence-corrected chi connectivity index (χ1v) is 7.94. The first kappa shape index (κ1) is 15.7. The van der Waals surface area contributed by atoms with E-state index in [-0.39, 0.29) is 18.0 Å². The van der Waals surface area contributed by atoms with Crippen LogP contribution in [0.4, 0.5) is 0 Å². The Balaban J connectivity index is 1.87. The number of nitrogens with one attached hydrogen (secondary N) is 1. The molecule has 0 saturated carbocycles. The molecule has 0 bridgehead atoms. The molecule has 2 unspecified atom stereocenters. The van der Waals surface area contributed by atoms with Crippen LogP contribution in [-0.4, -0.2) is 73.2 Å². The van der Waals surface area contributed by atoms with Crippen LogP contribution < -0.4 is 5.32 Å². The molecule has 5 nitrogen and oxygen atoms in total. The number of carbonyl (C=O) groups is 1. The molecule has 116 valence electrons. The fourth-order valence-corrected chi connectivity index (χ4v) is 3.15. The molecule has 2 aliphatic rings. The molecule has 2 saturated heterocycles. The van der Waals surface area contributed by atoms with Crippen molar-refractivity contribution in [3.8, 4) is 0 Å². The predicted octanol–water partition coefficient (Wildman–Crippen LogP) is 0.696. The molecule has 0 aromatic carbocycles. The summed E-state index contributed by atoms with van der Waals surface area (Å²) in [6.45, 7) is 11.8. The summed E-state index contributed by atoms with van der Waals surface area (Å²) in [7, 11) is 0. The lowest BCUT2D eigenvalue weighted by Gasteiger charge is -2.40. The summed E-state index contributed by atoms with van der Waals surface area (Å²) in [5.74, 6) is 0.283. The average molecular weight is 283 g/mol. The van der Waals surface area contributed by atoms with Crippen LogP contribution in [0.1, 0.15) is 33.6 Å². The van der Waals surface area contributed by atoms with Gasteiger partial charge >= 0.3 is 0 Å². The summed E-state index contributed by atoms with van der Waals surface area (Å²) < 4.78 is 5.38. The van der Waals surface area contributed by atoms with Crippen molar-refractivity contribution in [1.29, 1.82) is 0 Å². The van der Waals surface area contributed by atoms with Crippen molar-refractivity contribution in [3.05, 3.63) is 0 Å². The van der Waals surface area contributed by atoms with Gasteiger partial charge in [0, 0.05) is 38.3 Å². The number of hydrogen-bond donors (Lipinski definition) is 1. The number of amides is 1. The number of likely N-dealkylation sites (tertiary alicyclic amines) is 1. The second-order valence-electron chi connectivity index (χ2n) is 6.31. The van der Waals surface area contributed by atoms with E-state index < -0.39 is 0 Å². The summed E-state index contributed by atoms with van der Waals surface area (Å²) in [4.78, 5) is 17.0. The molecule has 1 amide bonds. The Hall–Kier alpha value is -0.650. The fourth-order valence-electron chi connectivity index (χ4n) is 3.15. The van der Waals surface area contributed by atoms with Gasteiger partial charge in [-0.05, 0) is 19.8 Å². The van der Waals surface area contributed by atoms with E-state index in [0.29, 0.717) is 6.04 Å². The van der Waals surface area contributed by atoms with Gasteiger partial charge in [-0.15, -0.1) is 0 Å². The third-order valence-corrected chi connectivity index (χ3v) is 4.17. The quantitative estimate of drug-likeness (QED) is 0.806. The maximum Gasteiger partial charge on any atom is 0.239 e. The molecule has 2 atom stereocenters. The van der Waals surface area contributed by atoms with Crippen LogP contribution in [0.25, 0.3) is 0 Å². The largest absolute Gasteiger partial charge is 0.379 e. The summed E-state index contributed by atoms with van der Waals surface area (Å²) in [5.41, 5.74) is 0. The van der Waals surface area contributed by atoms with Crippen LogP contribution in [0, 0.1) is 0 Å². The van der Waals surface area contributed by atoms with Crippen molar-refractivity contribution in [2.45, 2.75) is 51.7 Å². The van der Waals surface area contributed by atoms with Crippen molar-refractivity contribution in [2.24, 2.45) is 0 Å². The van der Waals surface area contributed by atoms with E-state index in [1.807, 2.05) is 0 Å². The lowest BCUT2D eigenvalue weighted by Crippen LogP contribution is -2.57. The summed E-state index contributed by atoms with van der Waals surface area (Å²) in [6.07, 6.45) is 2.07. The number of carbonyl (C=O) groups excluding carboxylic acids is 1. The summed E-state index contributed by atoms with van der Waals surface area (Å²) in [6, 6.07) is 0.659. The van der Waals surface area contributed by atoms with E-state index in [1.54, 1.807) is 0 Å². The Bertz CT molecular complexity index is 316. The van der Waals surface area contributed by atoms with Crippen LogP contribution in [0.15, 0.2) is 0 Å². The van der Waals surface area contributed by atoms with Crippen LogP contribution in [0.3, 0.4) is 0 Å². The van der Waals surface area contributed by atoms with Gasteiger partial charge in [-0.2, -0.15) is 0 Å². The molecule has 2 fully saturated rings. The van der Waals surface area contributed by atoms with Gasteiger partial charge in [-0.1, -0.05) is 13.8 Å². The molecule has 20 heavy (non-hydrogen) atoms. The molecular formula is C15H29N3O2. The standard InChI is InChI=1S/C15H29N3O2/c1-12(2)16-14-5-4-6-18(15(14)19)13(3)11-17-7-9-20-10-8-17/h12-14,16H,4-11H2,1-3H3. The van der Waals surface area contributed by atoms with Crippen LogP contribution in [0.2, 0.25) is 0 Å². The number of rotatable bonds is 5. The molecule has 0 aliphatic carbocycles. The van der Waals surface area contributed by atoms with Crippen molar-refractivity contribution in [2.75, 3.05) is 39.4 Å². The zero-order valence-electron chi connectivity index (χ0n) is 13.1. The highest BCUT2D eigenvalue weighted by molar-refractivity contribution is 5.83. The van der Waals surface area contributed by atoms with Crippen molar-refractivity contribution in [1.82, 2.24) is 15.1 Å². The van der Waals surface area contributed by atoms with Crippen LogP contribution >= 0.6 is 0 Å². The predicted molar refractivity (Wildman–Crippen MR) is 79.7 cm³/mol. The number of ether oxygens (including phenoxy) is 1. The first-order chi connectivity index (χ1) is 9.58. The normalized spacial score (nSPS) is 27.1. The zero-order chi connectivity index (χ0) is 14.5. The second-order valence-corrected chi connectivity index (χ2v) is 6.31. The molecule has 2 heterocycles. The van der Waals surface area contributed by atoms with Gasteiger partial charge in [-0.3, -0.25) is 9.69 Å². The Morgan fingerprint density at radius 3 is 2.60 bits per heavy atom. The number of morpholine rings is 1. The van der Waals surface area contributed by atoms with Gasteiger partial charge in [0.1, 0.15) is 0 Å². The molecule has 1 N–H and O–H groups in total. The Labute approximate surface area is 122 Å². The molecule has 0 aromatic heterocycles. The first-order valence-electron chi connectivity index (χ1n) is 7.94. The molecular weight excluding hydrogens is 254 g/mol. The Morgan fingerprint density at radius 1 is 1.25 bits per heavy atom. The van der Waals surface area contributed by atoms with E-state index in [1.165, 1.54) is 0 Å². The van der Waals surface area contributed by atoms with Gasteiger partial charge < -0.3 is 15.0 Å². The van der Waals surface area contributed by atoms with Gasteiger partial charge in [-0.25, -0.2) is 0 Å². The fraction of sp³-hybridized carbons (Fsp3) is 0.933. The van der Waals surface area contributed by atoms with Crippen LogP contribution in [0.5, 0.6) is 0 Å². The highest BCUT2D eigenvalue weighted by Crippen LogP contribution is 2.16. The molecule has 5 heteroatoms. The third kappa shape index (κ3) is 4.17. The number of piperidine rings is 1. The number of nitrogens with zero attached hydrogens (tertiary/aromatic N) is 2. The van der Waals surface area contributed by atoms with E-state index in [2.05, 4.69) is 35.9 Å². The zero-order valence-corrected chi connectivity index (χ0v) is 13.1. The highest BCUT2D eigenvalue weighted by atomic mass is 16.5. The molecule has 0 spiro atoms. The minimum Gasteiger partial charge on any atom is -0.379 e. The van der Waals surface area contributed by atoms with E-state index in [9.17, 15) is 4.79 Å². The lowest BCUT2D eigenvalue weighted by molar-refractivity contribution is -0.139. The van der Waals surface area contributed by atoms with Crippen LogP contribution in [-0.2, 0) is 9.53 Å². The summed E-state index contributed by atoms with van der Waals surface area (Å²) in [5, 5.41) is 3.40. The Morgan fingerprint density at radius 2 is 1.95 bits per heavy atom. The molecule has 0 aromatic rings. The monoisotopic (exact) mass is 283 g/mol. The Kier molecular flexibility index (Phi) is 5.81. The maximum absolute atomic E-state index is 12.6. The van der Waals surface area contributed by atoms with Crippen molar-refractivity contribution < 1.29 is 9.53 Å². The number of hydrogen-bond acceptors (Lipinski definition) is 4. The van der Waals surface area contributed by atoms with E-state index >= 15 is 0 Å². The summed E-state index contributed by atoms with van der Waals surface area (Å²) >= 11 is 0. The van der Waals surface area contributed by atoms with Gasteiger partial charge in [0.15, 0.2) is 0 Å². The molecule has 0 radical (unpaired) electrons. The second kappa shape index (κ2) is 7.38. The lowest BCUT2D eigenvalue weighted by atomic mass is 10.0. The minimum atomic E-state index is 0.0101. The third-order valence-electron chi connectivity index (χ3n) is 4.17. The van der Waals surface area contributed by atoms with Gasteiger partial charge in [0.25, 0.3) is 0 Å². The van der Waals surface area contributed by atoms with E-state index in [4.69, 9.17) is 4.74 Å². The van der Waals surface area contributed by atoms with Crippen molar-refractivity contribution in [3.63, 3.8) is 0 Å². The van der Waals surface area contributed by atoms with Gasteiger partial charge in [0.05, 0.1) is 19.3 Å². The van der Waals surface area contributed by atoms with Crippen molar-refractivity contribution >= 4 is 5.91 Å². The SMILES string of the molecule is CC(C)NC1CCCN(C(C)CN2CCOCC2)C1=O. The topological polar surface area (TPSA) is 44.8 Å². The molecule has 2 aliphatic heterocycles.